The quantitative estimate of drug-likeness (QED) is 0.591. The third-order valence-corrected chi connectivity index (χ3v) is 3.49. The number of hydrogen-bond acceptors (Lipinski definition) is 4. The van der Waals surface area contributed by atoms with E-state index in [-0.39, 0.29) is 10.6 Å². The molecule has 0 bridgehead atoms. The molecule has 0 radical (unpaired) electrons. The monoisotopic (exact) mass is 282 g/mol. The molecule has 0 spiro atoms. The van der Waals surface area contributed by atoms with Crippen LogP contribution in [0, 0.1) is 24.0 Å². The molecule has 0 aliphatic carbocycles. The van der Waals surface area contributed by atoms with Crippen LogP contribution < -0.4 is 0 Å². The molecule has 0 atom stereocenters. The summed E-state index contributed by atoms with van der Waals surface area (Å²) in [6.45, 7) is 3.78. The van der Waals surface area contributed by atoms with Gasteiger partial charge in [0, 0.05) is 24.9 Å². The summed E-state index contributed by atoms with van der Waals surface area (Å²) in [5.74, 6) is 0. The Hall–Kier alpha value is -2.76. The number of H-pyrrole nitrogens is 1. The van der Waals surface area contributed by atoms with Crippen molar-refractivity contribution >= 4 is 16.6 Å². The number of nitro benzene ring substituents is 1. The van der Waals surface area contributed by atoms with E-state index in [1.165, 1.54) is 6.07 Å². The first-order valence-corrected chi connectivity index (χ1v) is 6.58. The highest BCUT2D eigenvalue weighted by Crippen LogP contribution is 2.29. The number of benzene rings is 1. The van der Waals surface area contributed by atoms with E-state index < -0.39 is 0 Å². The average Bonchev–Trinajstić information content (AvgIpc) is 2.86. The molecule has 3 aromatic rings. The summed E-state index contributed by atoms with van der Waals surface area (Å²) < 4.78 is 0. The Balaban J connectivity index is 2.13. The standard InChI is InChI=1S/C15H14N4O2/c1-9-7-16-10(2)13(18-9)6-11-8-17-12-4-3-5-14(15(11)12)19(20)21/h3-5,7-8,17H,6H2,1-2H3. The van der Waals surface area contributed by atoms with Crippen molar-refractivity contribution in [2.45, 2.75) is 20.3 Å². The fraction of sp³-hybridized carbons (Fsp3) is 0.200. The Kier molecular flexibility index (Phi) is 3.13. The highest BCUT2D eigenvalue weighted by atomic mass is 16.6. The summed E-state index contributed by atoms with van der Waals surface area (Å²) in [4.78, 5) is 22.7. The molecule has 0 saturated carbocycles. The Morgan fingerprint density at radius 1 is 1.33 bits per heavy atom. The maximum Gasteiger partial charge on any atom is 0.279 e. The molecule has 0 amide bonds. The minimum absolute atomic E-state index is 0.113. The normalized spacial score (nSPS) is 11.0. The first-order valence-electron chi connectivity index (χ1n) is 6.58. The van der Waals surface area contributed by atoms with Gasteiger partial charge >= 0.3 is 0 Å². The first kappa shape index (κ1) is 13.2. The van der Waals surface area contributed by atoms with Crippen LogP contribution in [0.25, 0.3) is 10.9 Å². The van der Waals surface area contributed by atoms with Crippen LogP contribution in [0.2, 0.25) is 0 Å². The third-order valence-electron chi connectivity index (χ3n) is 3.49. The Morgan fingerprint density at radius 2 is 2.14 bits per heavy atom. The maximum absolute atomic E-state index is 11.2. The van der Waals surface area contributed by atoms with Crippen molar-refractivity contribution in [1.29, 1.82) is 0 Å². The van der Waals surface area contributed by atoms with Crippen molar-refractivity contribution in [2.24, 2.45) is 0 Å². The molecular formula is C15H14N4O2. The zero-order valence-corrected chi connectivity index (χ0v) is 11.8. The van der Waals surface area contributed by atoms with Gasteiger partial charge < -0.3 is 4.98 Å². The lowest BCUT2D eigenvalue weighted by Gasteiger charge is -2.05. The van der Waals surface area contributed by atoms with Crippen molar-refractivity contribution < 1.29 is 4.92 Å². The van der Waals surface area contributed by atoms with E-state index in [4.69, 9.17) is 0 Å². The van der Waals surface area contributed by atoms with Crippen LogP contribution >= 0.6 is 0 Å². The summed E-state index contributed by atoms with van der Waals surface area (Å²) in [6, 6.07) is 5.04. The van der Waals surface area contributed by atoms with Crippen molar-refractivity contribution in [3.8, 4) is 0 Å². The van der Waals surface area contributed by atoms with Crippen molar-refractivity contribution in [1.82, 2.24) is 15.0 Å². The molecular weight excluding hydrogens is 268 g/mol. The molecule has 6 nitrogen and oxygen atoms in total. The number of hydrogen-bond donors (Lipinski definition) is 1. The second kappa shape index (κ2) is 4.97. The number of aryl methyl sites for hydroxylation is 2. The second-order valence-electron chi connectivity index (χ2n) is 4.99. The van der Waals surface area contributed by atoms with Gasteiger partial charge in [-0.1, -0.05) is 6.07 Å². The average molecular weight is 282 g/mol. The maximum atomic E-state index is 11.2. The van der Waals surface area contributed by atoms with Gasteiger partial charge in [0.15, 0.2) is 0 Å². The van der Waals surface area contributed by atoms with E-state index >= 15 is 0 Å². The number of fused-ring (bicyclic) bond motifs is 1. The molecule has 106 valence electrons. The summed E-state index contributed by atoms with van der Waals surface area (Å²) in [5, 5.41) is 11.8. The molecule has 1 N–H and O–H groups in total. The number of aromatic amines is 1. The molecule has 1 aromatic carbocycles. The van der Waals surface area contributed by atoms with Gasteiger partial charge in [-0.15, -0.1) is 0 Å². The van der Waals surface area contributed by atoms with Crippen LogP contribution in [0.5, 0.6) is 0 Å². The fourth-order valence-corrected chi connectivity index (χ4v) is 2.46. The number of nitrogens with zero attached hydrogens (tertiary/aromatic N) is 3. The Bertz CT molecular complexity index is 839. The van der Waals surface area contributed by atoms with Crippen LogP contribution in [0.3, 0.4) is 0 Å². The zero-order chi connectivity index (χ0) is 15.0. The molecule has 0 unspecified atom stereocenters. The lowest BCUT2D eigenvalue weighted by molar-refractivity contribution is -0.383. The molecule has 3 rings (SSSR count). The lowest BCUT2D eigenvalue weighted by atomic mass is 10.1. The van der Waals surface area contributed by atoms with Gasteiger partial charge in [-0.3, -0.25) is 20.1 Å². The van der Waals surface area contributed by atoms with E-state index in [0.29, 0.717) is 11.8 Å². The Morgan fingerprint density at radius 3 is 2.90 bits per heavy atom. The van der Waals surface area contributed by atoms with Gasteiger partial charge in [-0.25, -0.2) is 0 Å². The molecule has 0 aliphatic heterocycles. The summed E-state index contributed by atoms with van der Waals surface area (Å²) in [5.41, 5.74) is 4.26. The second-order valence-corrected chi connectivity index (χ2v) is 4.99. The van der Waals surface area contributed by atoms with E-state index in [2.05, 4.69) is 15.0 Å². The molecule has 0 saturated heterocycles. The smallest absolute Gasteiger partial charge is 0.279 e. The molecule has 2 aromatic heterocycles. The van der Waals surface area contributed by atoms with E-state index in [1.54, 1.807) is 18.5 Å². The van der Waals surface area contributed by atoms with Crippen LogP contribution in [0.15, 0.2) is 30.6 Å². The molecule has 21 heavy (non-hydrogen) atoms. The number of rotatable bonds is 3. The predicted molar refractivity (Wildman–Crippen MR) is 79.3 cm³/mol. The predicted octanol–water partition coefficient (Wildman–Crippen LogP) is 3.07. The van der Waals surface area contributed by atoms with Gasteiger partial charge in [0.05, 0.1) is 32.9 Å². The van der Waals surface area contributed by atoms with Crippen LogP contribution in [-0.2, 0) is 6.42 Å². The van der Waals surface area contributed by atoms with E-state index in [0.717, 1.165) is 28.2 Å². The highest BCUT2D eigenvalue weighted by molar-refractivity contribution is 5.92. The third kappa shape index (κ3) is 2.35. The minimum atomic E-state index is -0.353. The number of nitrogens with one attached hydrogen (secondary N) is 1. The fourth-order valence-electron chi connectivity index (χ4n) is 2.46. The number of nitro groups is 1. The zero-order valence-electron chi connectivity index (χ0n) is 11.8. The number of non-ortho nitro benzene ring substituents is 1. The molecule has 0 aliphatic rings. The van der Waals surface area contributed by atoms with E-state index in [1.807, 2.05) is 19.9 Å². The lowest BCUT2D eigenvalue weighted by Crippen LogP contribution is -2.00. The van der Waals surface area contributed by atoms with E-state index in [9.17, 15) is 10.1 Å². The highest BCUT2D eigenvalue weighted by Gasteiger charge is 2.17. The minimum Gasteiger partial charge on any atom is -0.361 e. The molecule has 2 heterocycles. The summed E-state index contributed by atoms with van der Waals surface area (Å²) >= 11 is 0. The number of aromatic nitrogens is 3. The van der Waals surface area contributed by atoms with Crippen molar-refractivity contribution in [3.63, 3.8) is 0 Å². The van der Waals surface area contributed by atoms with Gasteiger partial charge in [-0.2, -0.15) is 0 Å². The topological polar surface area (TPSA) is 84.7 Å². The van der Waals surface area contributed by atoms with Gasteiger partial charge in [-0.05, 0) is 25.5 Å². The van der Waals surface area contributed by atoms with Crippen LogP contribution in [0.1, 0.15) is 22.6 Å². The largest absolute Gasteiger partial charge is 0.361 e. The Labute approximate surface area is 121 Å². The van der Waals surface area contributed by atoms with Crippen LogP contribution in [-0.4, -0.2) is 19.9 Å². The molecule has 6 heteroatoms. The first-order chi connectivity index (χ1) is 10.1. The van der Waals surface area contributed by atoms with Crippen molar-refractivity contribution in [3.05, 3.63) is 63.4 Å². The summed E-state index contributed by atoms with van der Waals surface area (Å²) in [7, 11) is 0. The van der Waals surface area contributed by atoms with Crippen LogP contribution in [0.4, 0.5) is 5.69 Å². The summed E-state index contributed by atoms with van der Waals surface area (Å²) in [6.07, 6.45) is 4.04. The SMILES string of the molecule is Cc1cnc(C)c(Cc2c[nH]c3cccc([N+](=O)[O-])c23)n1. The van der Waals surface area contributed by atoms with Gasteiger partial charge in [0.2, 0.25) is 0 Å². The molecule has 0 fully saturated rings. The van der Waals surface area contributed by atoms with Crippen molar-refractivity contribution in [2.75, 3.05) is 0 Å². The van der Waals surface area contributed by atoms with Gasteiger partial charge in [0.1, 0.15) is 0 Å². The van der Waals surface area contributed by atoms with Gasteiger partial charge in [0.25, 0.3) is 5.69 Å².